The van der Waals surface area contributed by atoms with Gasteiger partial charge in [0.25, 0.3) is 0 Å². The van der Waals surface area contributed by atoms with Crippen molar-refractivity contribution in [2.45, 2.75) is 13.0 Å². The molecule has 1 fully saturated rings. The molecule has 0 aliphatic carbocycles. The van der Waals surface area contributed by atoms with Crippen molar-refractivity contribution in [3.8, 4) is 5.75 Å². The Kier molecular flexibility index (Phi) is 8.45. The van der Waals surface area contributed by atoms with Gasteiger partial charge in [0.15, 0.2) is 0 Å². The molecule has 2 N–H and O–H groups in total. The van der Waals surface area contributed by atoms with Gasteiger partial charge >= 0.3 is 0 Å². The maximum atomic E-state index is 9.96. The van der Waals surface area contributed by atoms with E-state index < -0.39 is 0 Å². The number of halogens is 4. The smallest absolute Gasteiger partial charge is 0.123 e. The molecule has 1 saturated heterocycles. The number of rotatable bonds is 2. The zero-order valence-corrected chi connectivity index (χ0v) is 13.7. The first-order valence-electron chi connectivity index (χ1n) is 5.72. The lowest BCUT2D eigenvalue weighted by atomic mass is 10.0. The molecule has 0 aromatic heterocycles. The van der Waals surface area contributed by atoms with Gasteiger partial charge in [0.05, 0.1) is 5.02 Å². The van der Waals surface area contributed by atoms with E-state index in [0.717, 1.165) is 31.7 Å². The predicted octanol–water partition coefficient (Wildman–Crippen LogP) is 3.51. The van der Waals surface area contributed by atoms with E-state index in [-0.39, 0.29) is 36.6 Å². The molecule has 3 nitrogen and oxygen atoms in total. The number of phenols is 1. The van der Waals surface area contributed by atoms with Gasteiger partial charge in [-0.25, -0.2) is 0 Å². The van der Waals surface area contributed by atoms with Crippen molar-refractivity contribution in [1.82, 2.24) is 10.2 Å². The molecule has 1 aliphatic rings. The second-order valence-corrected chi connectivity index (χ2v) is 5.13. The fourth-order valence-electron chi connectivity index (χ4n) is 2.24. The van der Waals surface area contributed by atoms with E-state index in [9.17, 15) is 5.11 Å². The van der Waals surface area contributed by atoms with Crippen LogP contribution in [0.5, 0.6) is 5.75 Å². The van der Waals surface area contributed by atoms with Gasteiger partial charge in [0, 0.05) is 42.8 Å². The summed E-state index contributed by atoms with van der Waals surface area (Å²) >= 11 is 12.0. The number of hydrogen-bond acceptors (Lipinski definition) is 3. The Balaban J connectivity index is 0.00000162. The van der Waals surface area contributed by atoms with E-state index in [0.29, 0.717) is 10.0 Å². The van der Waals surface area contributed by atoms with Crippen LogP contribution in [0.4, 0.5) is 0 Å². The average Bonchev–Trinajstić information content (AvgIpc) is 2.28. The summed E-state index contributed by atoms with van der Waals surface area (Å²) in [6.45, 7) is 5.91. The van der Waals surface area contributed by atoms with Gasteiger partial charge in [-0.2, -0.15) is 0 Å². The third-order valence-electron chi connectivity index (χ3n) is 3.19. The van der Waals surface area contributed by atoms with Crippen molar-refractivity contribution in [3.63, 3.8) is 0 Å². The van der Waals surface area contributed by atoms with Crippen molar-refractivity contribution in [2.24, 2.45) is 0 Å². The SMILES string of the molecule is C[C@H](c1c(O)cc(Cl)cc1Cl)N1CCNCC1.Cl.Cl. The molecular weight excluding hydrogens is 330 g/mol. The Labute approximate surface area is 136 Å². The normalized spacial score (nSPS) is 17.2. The molecule has 1 heterocycles. The quantitative estimate of drug-likeness (QED) is 0.859. The molecule has 1 atom stereocenters. The molecule has 0 radical (unpaired) electrons. The van der Waals surface area contributed by atoms with Crippen LogP contribution in [0.2, 0.25) is 10.0 Å². The highest BCUT2D eigenvalue weighted by Gasteiger charge is 2.22. The molecular formula is C12H18Cl4N2O. The van der Waals surface area contributed by atoms with Crippen LogP contribution in [-0.2, 0) is 0 Å². The van der Waals surface area contributed by atoms with Gasteiger partial charge in [0.2, 0.25) is 0 Å². The monoisotopic (exact) mass is 346 g/mol. The largest absolute Gasteiger partial charge is 0.508 e. The summed E-state index contributed by atoms with van der Waals surface area (Å²) in [6, 6.07) is 3.32. The Bertz CT molecular complexity index is 388. The van der Waals surface area contributed by atoms with Crippen molar-refractivity contribution < 1.29 is 5.11 Å². The fourth-order valence-corrected chi connectivity index (χ4v) is 2.88. The molecule has 0 amide bonds. The van der Waals surface area contributed by atoms with E-state index in [1.54, 1.807) is 12.1 Å². The summed E-state index contributed by atoms with van der Waals surface area (Å²) in [5.41, 5.74) is 0.762. The molecule has 1 aromatic carbocycles. The minimum atomic E-state index is 0. The molecule has 0 saturated carbocycles. The molecule has 110 valence electrons. The first-order valence-corrected chi connectivity index (χ1v) is 6.48. The second kappa shape index (κ2) is 8.40. The van der Waals surface area contributed by atoms with Crippen molar-refractivity contribution >= 4 is 48.0 Å². The van der Waals surface area contributed by atoms with Crippen LogP contribution in [0.1, 0.15) is 18.5 Å². The summed E-state index contributed by atoms with van der Waals surface area (Å²) in [4.78, 5) is 2.30. The number of aromatic hydroxyl groups is 1. The van der Waals surface area contributed by atoms with E-state index >= 15 is 0 Å². The minimum absolute atomic E-state index is 0. The van der Waals surface area contributed by atoms with E-state index in [4.69, 9.17) is 23.2 Å². The Morgan fingerprint density at radius 2 is 1.79 bits per heavy atom. The number of nitrogens with zero attached hydrogens (tertiary/aromatic N) is 1. The number of hydrogen-bond donors (Lipinski definition) is 2. The maximum absolute atomic E-state index is 9.96. The molecule has 0 spiro atoms. The summed E-state index contributed by atoms with van der Waals surface area (Å²) in [7, 11) is 0. The predicted molar refractivity (Wildman–Crippen MR) is 85.5 cm³/mol. The van der Waals surface area contributed by atoms with Gasteiger partial charge < -0.3 is 10.4 Å². The van der Waals surface area contributed by atoms with Crippen LogP contribution in [-0.4, -0.2) is 36.2 Å². The molecule has 19 heavy (non-hydrogen) atoms. The van der Waals surface area contributed by atoms with Crippen LogP contribution in [0.25, 0.3) is 0 Å². The minimum Gasteiger partial charge on any atom is -0.508 e. The highest BCUT2D eigenvalue weighted by molar-refractivity contribution is 6.35. The molecule has 7 heteroatoms. The highest BCUT2D eigenvalue weighted by atomic mass is 35.5. The molecule has 1 aromatic rings. The van der Waals surface area contributed by atoms with Gasteiger partial charge in [0.1, 0.15) is 5.75 Å². The first-order chi connectivity index (χ1) is 8.09. The van der Waals surface area contributed by atoms with Crippen LogP contribution < -0.4 is 5.32 Å². The van der Waals surface area contributed by atoms with Crippen LogP contribution >= 0.6 is 48.0 Å². The van der Waals surface area contributed by atoms with E-state index in [2.05, 4.69) is 17.1 Å². The topological polar surface area (TPSA) is 35.5 Å². The summed E-state index contributed by atoms with van der Waals surface area (Å²) in [6.07, 6.45) is 0. The zero-order chi connectivity index (χ0) is 12.4. The van der Waals surface area contributed by atoms with E-state index in [1.165, 1.54) is 0 Å². The lowest BCUT2D eigenvalue weighted by Gasteiger charge is -2.33. The van der Waals surface area contributed by atoms with E-state index in [1.807, 2.05) is 0 Å². The van der Waals surface area contributed by atoms with Gasteiger partial charge in [-0.15, -0.1) is 24.8 Å². The first kappa shape index (κ1) is 19.1. The summed E-state index contributed by atoms with van der Waals surface area (Å²) in [5.74, 6) is 0.175. The molecule has 0 bridgehead atoms. The highest BCUT2D eigenvalue weighted by Crippen LogP contribution is 2.37. The zero-order valence-electron chi connectivity index (χ0n) is 10.5. The molecule has 0 unspecified atom stereocenters. The Morgan fingerprint density at radius 1 is 1.21 bits per heavy atom. The number of nitrogens with one attached hydrogen (secondary N) is 1. The van der Waals surface area contributed by atoms with Gasteiger partial charge in [-0.3, -0.25) is 4.90 Å². The third-order valence-corrected chi connectivity index (χ3v) is 3.72. The summed E-state index contributed by atoms with van der Waals surface area (Å²) < 4.78 is 0. The fraction of sp³-hybridized carbons (Fsp3) is 0.500. The molecule has 1 aliphatic heterocycles. The lowest BCUT2D eigenvalue weighted by Crippen LogP contribution is -2.44. The number of phenolic OH excluding ortho intramolecular Hbond substituents is 1. The van der Waals surface area contributed by atoms with Gasteiger partial charge in [-0.1, -0.05) is 23.2 Å². The number of benzene rings is 1. The maximum Gasteiger partial charge on any atom is 0.123 e. The van der Waals surface area contributed by atoms with Crippen LogP contribution in [0, 0.1) is 0 Å². The average molecular weight is 348 g/mol. The van der Waals surface area contributed by atoms with Crippen LogP contribution in [0.3, 0.4) is 0 Å². The standard InChI is InChI=1S/C12H16Cl2N2O.2ClH/c1-8(16-4-2-15-3-5-16)12-10(14)6-9(13)7-11(12)17;;/h6-8,15,17H,2-5H2,1H3;2*1H/t8-;;/m1../s1. The van der Waals surface area contributed by atoms with Gasteiger partial charge in [-0.05, 0) is 19.1 Å². The van der Waals surface area contributed by atoms with Crippen molar-refractivity contribution in [3.05, 3.63) is 27.7 Å². The molecule has 2 rings (SSSR count). The van der Waals surface area contributed by atoms with Crippen molar-refractivity contribution in [2.75, 3.05) is 26.2 Å². The number of piperazine rings is 1. The van der Waals surface area contributed by atoms with Crippen LogP contribution in [0.15, 0.2) is 12.1 Å². The second-order valence-electron chi connectivity index (χ2n) is 4.28. The Morgan fingerprint density at radius 3 is 2.32 bits per heavy atom. The third kappa shape index (κ3) is 4.55. The van der Waals surface area contributed by atoms with Crippen molar-refractivity contribution in [1.29, 1.82) is 0 Å². The lowest BCUT2D eigenvalue weighted by molar-refractivity contribution is 0.183. The summed E-state index contributed by atoms with van der Waals surface area (Å²) in [5, 5.41) is 14.3. The Hall–Kier alpha value is 0.1000.